The van der Waals surface area contributed by atoms with Crippen molar-refractivity contribution in [3.05, 3.63) is 41.5 Å². The monoisotopic (exact) mass is 386 g/mol. The van der Waals surface area contributed by atoms with Crippen molar-refractivity contribution < 1.29 is 9.15 Å². The molecule has 0 atom stereocenters. The number of hydrogen-bond acceptors (Lipinski definition) is 6. The van der Waals surface area contributed by atoms with Crippen molar-refractivity contribution >= 4 is 37.6 Å². The molecule has 7 heteroatoms. The molecule has 0 aliphatic rings. The zero-order valence-electron chi connectivity index (χ0n) is 16.5. The highest BCUT2D eigenvalue weighted by Gasteiger charge is 2.19. The number of nitrogens with one attached hydrogen (secondary N) is 1. The molecule has 0 aliphatic carbocycles. The van der Waals surface area contributed by atoms with Crippen molar-refractivity contribution in [2.45, 2.75) is 40.8 Å². The van der Waals surface area contributed by atoms with Crippen LogP contribution in [0.3, 0.4) is 0 Å². The minimum atomic E-state index is 0.600. The average Bonchev–Trinajstić information content (AvgIpc) is 3.36. The SMILES string of the molecule is CC.COCCn1nc(NCc2ccco2)c2sc3nc(C)cc(C)c3c21. The molecular formula is C20H26N4O2S. The molecule has 4 heterocycles. The largest absolute Gasteiger partial charge is 0.467 e. The molecule has 1 N–H and O–H groups in total. The van der Waals surface area contributed by atoms with Crippen molar-refractivity contribution in [2.24, 2.45) is 0 Å². The van der Waals surface area contributed by atoms with Crippen molar-refractivity contribution in [2.75, 3.05) is 19.0 Å². The fraction of sp³-hybridized carbons (Fsp3) is 0.400. The third-order valence-corrected chi connectivity index (χ3v) is 5.25. The van der Waals surface area contributed by atoms with Crippen LogP contribution in [0.5, 0.6) is 0 Å². The summed E-state index contributed by atoms with van der Waals surface area (Å²) in [6, 6.07) is 5.96. The molecule has 6 nitrogen and oxygen atoms in total. The Bertz CT molecular complexity index is 1020. The molecular weight excluding hydrogens is 360 g/mol. The number of fused-ring (bicyclic) bond motifs is 3. The normalized spacial score (nSPS) is 11.0. The van der Waals surface area contributed by atoms with Crippen LogP contribution in [0.4, 0.5) is 5.82 Å². The number of rotatable bonds is 6. The number of thiophene rings is 1. The van der Waals surface area contributed by atoms with Crippen LogP contribution in [0.25, 0.3) is 20.4 Å². The number of anilines is 1. The molecule has 27 heavy (non-hydrogen) atoms. The van der Waals surface area contributed by atoms with E-state index in [1.54, 1.807) is 24.7 Å². The Labute approximate surface area is 163 Å². The summed E-state index contributed by atoms with van der Waals surface area (Å²) in [6.45, 7) is 10.1. The highest BCUT2D eigenvalue weighted by atomic mass is 32.1. The first kappa shape index (κ1) is 19.4. The van der Waals surface area contributed by atoms with Crippen LogP contribution in [-0.4, -0.2) is 28.5 Å². The molecule has 0 aliphatic heterocycles. The van der Waals surface area contributed by atoms with Crippen LogP contribution in [0, 0.1) is 13.8 Å². The molecule has 0 amide bonds. The molecule has 0 unspecified atom stereocenters. The predicted octanol–water partition coefficient (Wildman–Crippen LogP) is 5.14. The second kappa shape index (κ2) is 8.54. The molecule has 4 aromatic heterocycles. The van der Waals surface area contributed by atoms with Gasteiger partial charge in [-0.2, -0.15) is 5.10 Å². The number of furan rings is 1. The van der Waals surface area contributed by atoms with Gasteiger partial charge in [0.1, 0.15) is 10.6 Å². The topological polar surface area (TPSA) is 65.1 Å². The van der Waals surface area contributed by atoms with Crippen LogP contribution in [0.15, 0.2) is 28.9 Å². The smallest absolute Gasteiger partial charge is 0.166 e. The number of nitrogens with zero attached hydrogens (tertiary/aromatic N) is 3. The zero-order chi connectivity index (χ0) is 19.4. The first-order chi connectivity index (χ1) is 13.2. The fourth-order valence-corrected chi connectivity index (χ4v) is 4.34. The van der Waals surface area contributed by atoms with Gasteiger partial charge >= 0.3 is 0 Å². The minimum absolute atomic E-state index is 0.600. The van der Waals surface area contributed by atoms with Crippen LogP contribution in [-0.2, 0) is 17.8 Å². The highest BCUT2D eigenvalue weighted by Crippen LogP contribution is 2.39. The Kier molecular flexibility index (Phi) is 6.13. The number of pyridine rings is 1. The summed E-state index contributed by atoms with van der Waals surface area (Å²) >= 11 is 1.68. The van der Waals surface area contributed by atoms with Gasteiger partial charge in [0.2, 0.25) is 0 Å². The number of aryl methyl sites for hydroxylation is 2. The van der Waals surface area contributed by atoms with Gasteiger partial charge in [-0.05, 0) is 37.6 Å². The van der Waals surface area contributed by atoms with Gasteiger partial charge in [0.15, 0.2) is 5.82 Å². The molecule has 0 saturated carbocycles. The summed E-state index contributed by atoms with van der Waals surface area (Å²) in [4.78, 5) is 5.77. The van der Waals surface area contributed by atoms with Crippen molar-refractivity contribution in [3.63, 3.8) is 0 Å². The Morgan fingerprint density at radius 2 is 2.11 bits per heavy atom. The lowest BCUT2D eigenvalue weighted by Crippen LogP contribution is -2.07. The van der Waals surface area contributed by atoms with E-state index in [4.69, 9.17) is 19.2 Å². The van der Waals surface area contributed by atoms with Crippen molar-refractivity contribution in [1.82, 2.24) is 14.8 Å². The molecule has 0 radical (unpaired) electrons. The van der Waals surface area contributed by atoms with E-state index in [1.165, 1.54) is 10.9 Å². The quantitative estimate of drug-likeness (QED) is 0.497. The Morgan fingerprint density at radius 1 is 1.30 bits per heavy atom. The Morgan fingerprint density at radius 3 is 2.81 bits per heavy atom. The predicted molar refractivity (Wildman–Crippen MR) is 112 cm³/mol. The lowest BCUT2D eigenvalue weighted by atomic mass is 10.1. The fourth-order valence-electron chi connectivity index (χ4n) is 3.09. The summed E-state index contributed by atoms with van der Waals surface area (Å²) in [5, 5.41) is 9.35. The van der Waals surface area contributed by atoms with Gasteiger partial charge in [-0.15, -0.1) is 11.3 Å². The van der Waals surface area contributed by atoms with E-state index in [9.17, 15) is 0 Å². The number of methoxy groups -OCH3 is 1. The number of aromatic nitrogens is 3. The number of hydrogen-bond donors (Lipinski definition) is 1. The van der Waals surface area contributed by atoms with E-state index in [2.05, 4.69) is 18.3 Å². The van der Waals surface area contributed by atoms with E-state index in [0.29, 0.717) is 19.7 Å². The minimum Gasteiger partial charge on any atom is -0.467 e. The molecule has 144 valence electrons. The van der Waals surface area contributed by atoms with Crippen molar-refractivity contribution in [1.29, 1.82) is 0 Å². The second-order valence-electron chi connectivity index (χ2n) is 6.04. The maximum absolute atomic E-state index is 5.41. The van der Waals surface area contributed by atoms with Gasteiger partial charge in [-0.1, -0.05) is 13.8 Å². The molecule has 0 saturated heterocycles. The van der Waals surface area contributed by atoms with Crippen LogP contribution in [0.2, 0.25) is 0 Å². The standard InChI is InChI=1S/C18H20N4O2S.C2H6/c1-11-9-12(2)20-18-14(11)15-16(25-18)17(21-22(15)6-8-23-3)19-10-13-5-4-7-24-13;1-2/h4-5,7,9H,6,8,10H2,1-3H3,(H,19,21);1-2H3. The third kappa shape index (κ3) is 3.84. The lowest BCUT2D eigenvalue weighted by molar-refractivity contribution is 0.185. The van der Waals surface area contributed by atoms with Gasteiger partial charge in [-0.3, -0.25) is 4.68 Å². The highest BCUT2D eigenvalue weighted by molar-refractivity contribution is 7.26. The van der Waals surface area contributed by atoms with Gasteiger partial charge in [0.25, 0.3) is 0 Å². The Balaban J connectivity index is 0.00000102. The van der Waals surface area contributed by atoms with E-state index in [-0.39, 0.29) is 0 Å². The maximum Gasteiger partial charge on any atom is 0.166 e. The van der Waals surface area contributed by atoms with Gasteiger partial charge in [0.05, 0.1) is 36.2 Å². The lowest BCUT2D eigenvalue weighted by Gasteiger charge is -2.04. The molecule has 0 aromatic carbocycles. The van der Waals surface area contributed by atoms with Gasteiger partial charge < -0.3 is 14.5 Å². The van der Waals surface area contributed by atoms with E-state index >= 15 is 0 Å². The van der Waals surface area contributed by atoms with Gasteiger partial charge in [0, 0.05) is 18.2 Å². The van der Waals surface area contributed by atoms with Crippen molar-refractivity contribution in [3.8, 4) is 0 Å². The number of ether oxygens (including phenoxy) is 1. The van der Waals surface area contributed by atoms with Crippen LogP contribution in [0.1, 0.15) is 30.9 Å². The zero-order valence-corrected chi connectivity index (χ0v) is 17.3. The molecule has 4 aromatic rings. The molecule has 0 spiro atoms. The van der Waals surface area contributed by atoms with Crippen LogP contribution < -0.4 is 5.32 Å². The maximum atomic E-state index is 5.41. The average molecular weight is 387 g/mol. The summed E-state index contributed by atoms with van der Waals surface area (Å²) in [5.41, 5.74) is 3.39. The first-order valence-electron chi connectivity index (χ1n) is 9.20. The Hall–Kier alpha value is -2.38. The summed E-state index contributed by atoms with van der Waals surface area (Å²) < 4.78 is 13.8. The second-order valence-corrected chi connectivity index (χ2v) is 7.04. The molecule has 0 bridgehead atoms. The third-order valence-electron chi connectivity index (χ3n) is 4.17. The molecule has 0 fully saturated rings. The molecule has 4 rings (SSSR count). The van der Waals surface area contributed by atoms with E-state index in [0.717, 1.165) is 32.3 Å². The van der Waals surface area contributed by atoms with E-state index < -0.39 is 0 Å². The van der Waals surface area contributed by atoms with Crippen LogP contribution >= 0.6 is 11.3 Å². The summed E-state index contributed by atoms with van der Waals surface area (Å²) in [5.74, 6) is 1.74. The van der Waals surface area contributed by atoms with Gasteiger partial charge in [-0.25, -0.2) is 4.98 Å². The summed E-state index contributed by atoms with van der Waals surface area (Å²) in [6.07, 6.45) is 1.68. The first-order valence-corrected chi connectivity index (χ1v) is 10.0. The summed E-state index contributed by atoms with van der Waals surface area (Å²) in [7, 11) is 1.71. The van der Waals surface area contributed by atoms with E-state index in [1.807, 2.05) is 37.6 Å².